The molecule has 122 valence electrons. The first-order valence-corrected chi connectivity index (χ1v) is 9.09. The van der Waals surface area contributed by atoms with Crippen LogP contribution in [0, 0.1) is 0 Å². The van der Waals surface area contributed by atoms with E-state index in [1.165, 1.54) is 59.8 Å². The molecule has 0 aliphatic heterocycles. The fourth-order valence-electron chi connectivity index (χ4n) is 4.58. The average Bonchev–Trinajstić information content (AvgIpc) is 2.95. The van der Waals surface area contributed by atoms with E-state index in [1.54, 1.807) is 0 Å². The summed E-state index contributed by atoms with van der Waals surface area (Å²) >= 11 is 0. The van der Waals surface area contributed by atoms with Crippen molar-refractivity contribution in [3.63, 3.8) is 0 Å². The van der Waals surface area contributed by atoms with Crippen LogP contribution in [-0.2, 0) is 13.0 Å². The van der Waals surface area contributed by atoms with Gasteiger partial charge in [0.25, 0.3) is 0 Å². The third-order valence-corrected chi connectivity index (χ3v) is 5.70. The number of fused-ring (bicyclic) bond motifs is 3. The second-order valence-corrected chi connectivity index (χ2v) is 6.95. The fraction of sp³-hybridized carbons (Fsp3) is 0.500. The lowest BCUT2D eigenvalue weighted by atomic mass is 9.83. The summed E-state index contributed by atoms with van der Waals surface area (Å²) in [6, 6.07) is 7.08. The second-order valence-electron chi connectivity index (χ2n) is 6.95. The highest BCUT2D eigenvalue weighted by Crippen LogP contribution is 2.38. The summed E-state index contributed by atoms with van der Waals surface area (Å²) in [5.74, 6) is 0.739. The van der Waals surface area contributed by atoms with Crippen molar-refractivity contribution in [1.29, 1.82) is 0 Å². The van der Waals surface area contributed by atoms with Gasteiger partial charge in [-0.05, 0) is 61.8 Å². The van der Waals surface area contributed by atoms with E-state index >= 15 is 0 Å². The molecule has 0 atom stereocenters. The molecule has 23 heavy (non-hydrogen) atoms. The predicted molar refractivity (Wildman–Crippen MR) is 94.7 cm³/mol. The Labute approximate surface area is 138 Å². The Hall–Kier alpha value is -1.74. The number of aryl methyl sites for hydroxylation is 2. The minimum absolute atomic E-state index is 0.739. The van der Waals surface area contributed by atoms with Gasteiger partial charge in [0.1, 0.15) is 0 Å². The van der Waals surface area contributed by atoms with Gasteiger partial charge in [-0.15, -0.1) is 0 Å². The maximum atomic E-state index is 9.51. The Morgan fingerprint density at radius 1 is 1.22 bits per heavy atom. The summed E-state index contributed by atoms with van der Waals surface area (Å²) in [6.07, 6.45) is 11.0. The van der Waals surface area contributed by atoms with Crippen LogP contribution in [-0.4, -0.2) is 9.77 Å². The maximum Gasteiger partial charge on any atom is 0.0802 e. The number of hydrogen-bond donors (Lipinski definition) is 2. The standard InChI is InChI=1S/C20H26N2O/c1-2-22-19-12-11-15(14-7-4-3-5-8-14)13-17(19)16-9-6-10-18(21-23)20(16)22/h10-14,21,23H,2-9H2,1H3. The molecule has 4 rings (SSSR count). The van der Waals surface area contributed by atoms with Crippen molar-refractivity contribution in [2.75, 3.05) is 0 Å². The van der Waals surface area contributed by atoms with E-state index in [0.29, 0.717) is 0 Å². The van der Waals surface area contributed by atoms with Crippen LogP contribution in [0.3, 0.4) is 0 Å². The molecule has 0 saturated heterocycles. The minimum Gasteiger partial charge on any atom is -0.339 e. The summed E-state index contributed by atoms with van der Waals surface area (Å²) in [5, 5.41) is 10.9. The molecule has 2 aliphatic rings. The van der Waals surface area contributed by atoms with E-state index < -0.39 is 0 Å². The zero-order valence-corrected chi connectivity index (χ0v) is 13.9. The van der Waals surface area contributed by atoms with Crippen molar-refractivity contribution in [3.05, 3.63) is 41.1 Å². The molecular weight excluding hydrogens is 284 g/mol. The van der Waals surface area contributed by atoms with E-state index in [9.17, 15) is 5.21 Å². The van der Waals surface area contributed by atoms with Gasteiger partial charge in [0.15, 0.2) is 0 Å². The van der Waals surface area contributed by atoms with Crippen molar-refractivity contribution in [3.8, 4) is 0 Å². The summed E-state index contributed by atoms with van der Waals surface area (Å²) in [7, 11) is 0. The number of nitrogens with one attached hydrogen (secondary N) is 1. The fourth-order valence-corrected chi connectivity index (χ4v) is 4.58. The molecule has 1 fully saturated rings. The van der Waals surface area contributed by atoms with Gasteiger partial charge < -0.3 is 4.57 Å². The van der Waals surface area contributed by atoms with Crippen LogP contribution in [0.1, 0.15) is 68.2 Å². The molecule has 0 amide bonds. The van der Waals surface area contributed by atoms with E-state index in [1.807, 2.05) is 0 Å². The van der Waals surface area contributed by atoms with Crippen molar-refractivity contribution < 1.29 is 5.21 Å². The van der Waals surface area contributed by atoms with Gasteiger partial charge in [-0.25, -0.2) is 0 Å². The number of aromatic nitrogens is 1. The minimum atomic E-state index is 0.739. The second kappa shape index (κ2) is 6.04. The number of hydrogen-bond acceptors (Lipinski definition) is 2. The number of rotatable bonds is 3. The third-order valence-electron chi connectivity index (χ3n) is 5.70. The quantitative estimate of drug-likeness (QED) is 0.785. The molecule has 1 heterocycles. The number of benzene rings is 1. The topological polar surface area (TPSA) is 37.2 Å². The van der Waals surface area contributed by atoms with Crippen LogP contribution in [0.5, 0.6) is 0 Å². The van der Waals surface area contributed by atoms with Gasteiger partial charge in [0.05, 0.1) is 11.4 Å². The van der Waals surface area contributed by atoms with Crippen molar-refractivity contribution in [2.24, 2.45) is 0 Å². The first-order valence-electron chi connectivity index (χ1n) is 9.09. The average molecular weight is 310 g/mol. The lowest BCUT2D eigenvalue weighted by molar-refractivity contribution is 0.223. The van der Waals surface area contributed by atoms with Gasteiger partial charge in [-0.1, -0.05) is 31.4 Å². The number of nitrogens with zero attached hydrogens (tertiary/aromatic N) is 1. The lowest BCUT2D eigenvalue weighted by Gasteiger charge is -2.22. The van der Waals surface area contributed by atoms with Crippen LogP contribution >= 0.6 is 0 Å². The van der Waals surface area contributed by atoms with Gasteiger partial charge in [0.2, 0.25) is 0 Å². The SMILES string of the molecule is CCn1c2c(c3cc(C4CCCCC4)ccc31)CCC=C2NO. The first-order chi connectivity index (χ1) is 11.3. The molecule has 1 aromatic heterocycles. The largest absolute Gasteiger partial charge is 0.339 e. The van der Waals surface area contributed by atoms with Crippen LogP contribution in [0.4, 0.5) is 0 Å². The van der Waals surface area contributed by atoms with E-state index in [0.717, 1.165) is 31.0 Å². The van der Waals surface area contributed by atoms with Crippen molar-refractivity contribution in [2.45, 2.75) is 64.3 Å². The number of hydroxylamine groups is 1. The molecule has 0 unspecified atom stereocenters. The number of allylic oxidation sites excluding steroid dienone is 1. The Morgan fingerprint density at radius 3 is 2.78 bits per heavy atom. The smallest absolute Gasteiger partial charge is 0.0802 e. The predicted octanol–water partition coefficient (Wildman–Crippen LogP) is 4.97. The van der Waals surface area contributed by atoms with Crippen LogP contribution in [0.25, 0.3) is 16.6 Å². The molecule has 2 N–H and O–H groups in total. The zero-order chi connectivity index (χ0) is 15.8. The maximum absolute atomic E-state index is 9.51. The van der Waals surface area contributed by atoms with Gasteiger partial charge in [-0.2, -0.15) is 0 Å². The zero-order valence-electron chi connectivity index (χ0n) is 13.9. The Morgan fingerprint density at radius 2 is 2.04 bits per heavy atom. The highest BCUT2D eigenvalue weighted by molar-refractivity contribution is 5.91. The normalized spacial score (nSPS) is 18.8. The summed E-state index contributed by atoms with van der Waals surface area (Å²) in [4.78, 5) is 0. The highest BCUT2D eigenvalue weighted by Gasteiger charge is 2.23. The summed E-state index contributed by atoms with van der Waals surface area (Å²) in [6.45, 7) is 3.10. The summed E-state index contributed by atoms with van der Waals surface area (Å²) in [5.41, 5.74) is 8.68. The molecule has 2 aromatic rings. The van der Waals surface area contributed by atoms with Gasteiger partial charge in [-0.3, -0.25) is 10.7 Å². The Balaban J connectivity index is 1.87. The molecule has 0 radical (unpaired) electrons. The summed E-state index contributed by atoms with van der Waals surface area (Å²) < 4.78 is 2.34. The Kier molecular flexibility index (Phi) is 3.90. The molecule has 1 aromatic carbocycles. The van der Waals surface area contributed by atoms with Crippen molar-refractivity contribution in [1.82, 2.24) is 10.0 Å². The molecule has 0 spiro atoms. The molecule has 2 aliphatic carbocycles. The molecule has 3 nitrogen and oxygen atoms in total. The van der Waals surface area contributed by atoms with Gasteiger partial charge in [0, 0.05) is 17.4 Å². The van der Waals surface area contributed by atoms with Crippen LogP contribution in [0.2, 0.25) is 0 Å². The van der Waals surface area contributed by atoms with Crippen molar-refractivity contribution >= 4 is 16.6 Å². The third kappa shape index (κ3) is 2.38. The van der Waals surface area contributed by atoms with E-state index in [2.05, 4.69) is 41.2 Å². The van der Waals surface area contributed by atoms with E-state index in [-0.39, 0.29) is 0 Å². The molecular formula is C20H26N2O. The molecule has 3 heteroatoms. The van der Waals surface area contributed by atoms with Gasteiger partial charge >= 0.3 is 0 Å². The Bertz CT molecular complexity index is 751. The van der Waals surface area contributed by atoms with Crippen LogP contribution in [0.15, 0.2) is 24.3 Å². The van der Waals surface area contributed by atoms with Crippen LogP contribution < -0.4 is 5.48 Å². The first kappa shape index (κ1) is 14.8. The lowest BCUT2D eigenvalue weighted by Crippen LogP contribution is -2.14. The molecule has 1 saturated carbocycles. The van der Waals surface area contributed by atoms with E-state index in [4.69, 9.17) is 0 Å². The monoisotopic (exact) mass is 310 g/mol. The molecule has 0 bridgehead atoms. The highest BCUT2D eigenvalue weighted by atomic mass is 16.5.